The summed E-state index contributed by atoms with van der Waals surface area (Å²) in [7, 11) is 0. The topological polar surface area (TPSA) is 57.0 Å². The maximum atomic E-state index is 12.4. The molecule has 0 aromatic carbocycles. The first kappa shape index (κ1) is 11.2. The van der Waals surface area contributed by atoms with Crippen molar-refractivity contribution >= 4 is 5.91 Å². The number of pyridine rings is 1. The Kier molecular flexibility index (Phi) is 2.55. The predicted octanol–water partition coefficient (Wildman–Crippen LogP) is 1.73. The fraction of sp³-hybridized carbons (Fsp3) is 0.500. The predicted molar refractivity (Wildman–Crippen MR) is 65.0 cm³/mol. The van der Waals surface area contributed by atoms with Gasteiger partial charge in [0.2, 0.25) is 5.91 Å². The van der Waals surface area contributed by atoms with Crippen LogP contribution in [-0.2, 0) is 11.3 Å². The summed E-state index contributed by atoms with van der Waals surface area (Å²) >= 11 is 0. The van der Waals surface area contributed by atoms with Crippen molar-refractivity contribution in [3.8, 4) is 6.07 Å². The van der Waals surface area contributed by atoms with Gasteiger partial charge < -0.3 is 4.90 Å². The normalized spacial score (nSPS) is 26.9. The Labute approximate surface area is 106 Å². The second-order valence-electron chi connectivity index (χ2n) is 5.26. The van der Waals surface area contributed by atoms with Crippen LogP contribution in [0.3, 0.4) is 0 Å². The first-order chi connectivity index (χ1) is 8.76. The Bertz CT molecular complexity index is 500. The molecule has 3 rings (SSSR count). The van der Waals surface area contributed by atoms with Gasteiger partial charge in [-0.05, 0) is 30.4 Å². The molecule has 4 heteroatoms. The highest BCUT2D eigenvalue weighted by atomic mass is 16.2. The fourth-order valence-corrected chi connectivity index (χ4v) is 2.52. The Balaban J connectivity index is 1.69. The van der Waals surface area contributed by atoms with Crippen LogP contribution in [0.5, 0.6) is 0 Å². The van der Waals surface area contributed by atoms with Crippen molar-refractivity contribution in [2.45, 2.75) is 25.8 Å². The van der Waals surface area contributed by atoms with E-state index in [0.29, 0.717) is 25.4 Å². The number of nitrogens with zero attached hydrogens (tertiary/aromatic N) is 3. The Hall–Kier alpha value is -1.89. The number of carbonyl (C=O) groups is 1. The molecule has 2 saturated carbocycles. The lowest BCUT2D eigenvalue weighted by Gasteiger charge is -2.23. The number of hydrogen-bond donors (Lipinski definition) is 0. The molecule has 4 nitrogen and oxygen atoms in total. The monoisotopic (exact) mass is 241 g/mol. The van der Waals surface area contributed by atoms with Gasteiger partial charge in [-0.15, -0.1) is 0 Å². The average Bonchev–Trinajstić information content (AvgIpc) is 3.24. The molecule has 1 heterocycles. The highest BCUT2D eigenvalue weighted by molar-refractivity contribution is 5.90. The number of hydrogen-bond acceptors (Lipinski definition) is 3. The second-order valence-corrected chi connectivity index (χ2v) is 5.26. The van der Waals surface area contributed by atoms with Crippen molar-refractivity contribution in [1.82, 2.24) is 9.88 Å². The van der Waals surface area contributed by atoms with E-state index in [0.717, 1.165) is 18.4 Å². The van der Waals surface area contributed by atoms with Gasteiger partial charge in [0.25, 0.3) is 0 Å². The zero-order chi connectivity index (χ0) is 12.6. The number of aromatic nitrogens is 1. The quantitative estimate of drug-likeness (QED) is 0.789. The van der Waals surface area contributed by atoms with Crippen LogP contribution in [0.25, 0.3) is 0 Å². The number of rotatable bonds is 5. The van der Waals surface area contributed by atoms with Crippen LogP contribution in [0.15, 0.2) is 24.5 Å². The maximum absolute atomic E-state index is 12.4. The lowest BCUT2D eigenvalue weighted by atomic mass is 10.1. The molecule has 1 amide bonds. The van der Waals surface area contributed by atoms with Crippen LogP contribution in [0.2, 0.25) is 0 Å². The van der Waals surface area contributed by atoms with Crippen molar-refractivity contribution in [1.29, 1.82) is 5.26 Å². The molecule has 92 valence electrons. The fourth-order valence-electron chi connectivity index (χ4n) is 2.52. The molecule has 0 bridgehead atoms. The van der Waals surface area contributed by atoms with E-state index in [1.54, 1.807) is 12.4 Å². The molecular weight excluding hydrogens is 226 g/mol. The van der Waals surface area contributed by atoms with E-state index in [1.165, 1.54) is 0 Å². The third-order valence-corrected chi connectivity index (χ3v) is 3.99. The molecule has 2 aliphatic rings. The Morgan fingerprint density at radius 2 is 2.39 bits per heavy atom. The van der Waals surface area contributed by atoms with Crippen molar-refractivity contribution in [2.75, 3.05) is 6.54 Å². The summed E-state index contributed by atoms with van der Waals surface area (Å²) in [6.45, 7) is 1.10. The standard InChI is InChI=1S/C14H15N3O/c15-4-2-6-17(10-11-3-1-5-16-9-11)13(18)14-7-12(14)8-14/h1,3,5,9,12H,2,6-8,10H2. The van der Waals surface area contributed by atoms with Crippen molar-refractivity contribution < 1.29 is 4.79 Å². The molecule has 2 aliphatic carbocycles. The molecule has 18 heavy (non-hydrogen) atoms. The first-order valence-electron chi connectivity index (χ1n) is 6.31. The molecule has 0 radical (unpaired) electrons. The molecule has 1 aromatic heterocycles. The summed E-state index contributed by atoms with van der Waals surface area (Å²) < 4.78 is 0. The largest absolute Gasteiger partial charge is 0.337 e. The highest BCUT2D eigenvalue weighted by Gasteiger charge is 2.75. The van der Waals surface area contributed by atoms with E-state index in [2.05, 4.69) is 11.1 Å². The summed E-state index contributed by atoms with van der Waals surface area (Å²) in [5.41, 5.74) is 1.01. The molecular formula is C14H15N3O. The van der Waals surface area contributed by atoms with Crippen molar-refractivity contribution in [2.24, 2.45) is 11.3 Å². The highest BCUT2D eigenvalue weighted by Crippen LogP contribution is 2.76. The van der Waals surface area contributed by atoms with E-state index in [-0.39, 0.29) is 11.3 Å². The molecule has 0 unspecified atom stereocenters. The smallest absolute Gasteiger partial charge is 0.229 e. The third-order valence-electron chi connectivity index (χ3n) is 3.99. The van der Waals surface area contributed by atoms with Gasteiger partial charge in [-0.25, -0.2) is 0 Å². The van der Waals surface area contributed by atoms with Gasteiger partial charge >= 0.3 is 0 Å². The van der Waals surface area contributed by atoms with Gasteiger partial charge in [-0.3, -0.25) is 9.78 Å². The van der Waals surface area contributed by atoms with Crippen LogP contribution < -0.4 is 0 Å². The summed E-state index contributed by atoms with van der Waals surface area (Å²) in [5.74, 6) is 0.884. The summed E-state index contributed by atoms with van der Waals surface area (Å²) in [6.07, 6.45) is 6.01. The third kappa shape index (κ3) is 1.86. The molecule has 2 fully saturated rings. The van der Waals surface area contributed by atoms with Gasteiger partial charge in [0.1, 0.15) is 0 Å². The Morgan fingerprint density at radius 3 is 2.94 bits per heavy atom. The maximum Gasteiger partial charge on any atom is 0.229 e. The van der Waals surface area contributed by atoms with E-state index >= 15 is 0 Å². The van der Waals surface area contributed by atoms with E-state index < -0.39 is 0 Å². The van der Waals surface area contributed by atoms with Crippen LogP contribution in [-0.4, -0.2) is 22.3 Å². The molecule has 0 atom stereocenters. The van der Waals surface area contributed by atoms with Crippen LogP contribution in [0.4, 0.5) is 0 Å². The lowest BCUT2D eigenvalue weighted by molar-refractivity contribution is -0.135. The Morgan fingerprint density at radius 1 is 1.61 bits per heavy atom. The van der Waals surface area contributed by atoms with E-state index in [4.69, 9.17) is 5.26 Å². The SMILES string of the molecule is N#CCCN(Cc1cccnc1)C(=O)C12CC1C2. The van der Waals surface area contributed by atoms with Crippen LogP contribution in [0.1, 0.15) is 24.8 Å². The molecule has 1 aromatic rings. The summed E-state index contributed by atoms with van der Waals surface area (Å²) in [6, 6.07) is 5.95. The van der Waals surface area contributed by atoms with E-state index in [1.807, 2.05) is 17.0 Å². The minimum absolute atomic E-state index is 0.0162. The van der Waals surface area contributed by atoms with Crippen LogP contribution in [0, 0.1) is 22.7 Å². The van der Waals surface area contributed by atoms with Crippen molar-refractivity contribution in [3.63, 3.8) is 0 Å². The molecule has 0 aliphatic heterocycles. The summed E-state index contributed by atoms with van der Waals surface area (Å²) in [5, 5.41) is 8.69. The van der Waals surface area contributed by atoms with Gasteiger partial charge in [0, 0.05) is 25.5 Å². The van der Waals surface area contributed by atoms with Gasteiger partial charge in [0.05, 0.1) is 17.9 Å². The molecule has 0 saturated heterocycles. The zero-order valence-corrected chi connectivity index (χ0v) is 10.2. The number of fused-ring (bicyclic) bond motifs is 1. The van der Waals surface area contributed by atoms with Gasteiger partial charge in [-0.2, -0.15) is 5.26 Å². The van der Waals surface area contributed by atoms with E-state index in [9.17, 15) is 4.79 Å². The van der Waals surface area contributed by atoms with Crippen LogP contribution >= 0.6 is 0 Å². The summed E-state index contributed by atoms with van der Waals surface area (Å²) in [4.78, 5) is 18.3. The minimum Gasteiger partial charge on any atom is -0.337 e. The average molecular weight is 241 g/mol. The number of nitriles is 1. The minimum atomic E-state index is -0.0162. The number of carbonyl (C=O) groups excluding carboxylic acids is 1. The second kappa shape index (κ2) is 4.09. The van der Waals surface area contributed by atoms with Crippen molar-refractivity contribution in [3.05, 3.63) is 30.1 Å². The van der Waals surface area contributed by atoms with Gasteiger partial charge in [0.15, 0.2) is 0 Å². The molecule has 0 spiro atoms. The first-order valence-corrected chi connectivity index (χ1v) is 6.31. The van der Waals surface area contributed by atoms with Gasteiger partial charge in [-0.1, -0.05) is 6.07 Å². The molecule has 0 N–H and O–H groups in total. The number of amides is 1. The zero-order valence-electron chi connectivity index (χ0n) is 10.2. The lowest BCUT2D eigenvalue weighted by Crippen LogP contribution is -2.34.